The Bertz CT molecular complexity index is 870. The van der Waals surface area contributed by atoms with Gasteiger partial charge in [0, 0.05) is 44.0 Å². The molecule has 1 saturated carbocycles. The second kappa shape index (κ2) is 5.59. The smallest absolute Gasteiger partial charge is 0.231 e. The lowest BCUT2D eigenvalue weighted by Gasteiger charge is -2.26. The molecule has 1 atom stereocenters. The van der Waals surface area contributed by atoms with Crippen molar-refractivity contribution in [2.45, 2.75) is 25.7 Å². The lowest BCUT2D eigenvalue weighted by molar-refractivity contribution is -0.136. The van der Waals surface area contributed by atoms with Crippen molar-refractivity contribution in [2.24, 2.45) is 10.8 Å². The standard InChI is InChI=1S/C19H22FN5O/c20-11-19(3-4-19)17(26)25-10-6-18(13-25)5-9-24(12-18)15-2-1-14-16(23-15)22-8-7-21-14/h1-2,7-8H,3-6,9-13H2. The van der Waals surface area contributed by atoms with Gasteiger partial charge in [-0.15, -0.1) is 0 Å². The zero-order valence-electron chi connectivity index (χ0n) is 14.7. The van der Waals surface area contributed by atoms with E-state index in [1.165, 1.54) is 0 Å². The normalized spacial score (nSPS) is 26.8. The number of rotatable bonds is 3. The molecule has 2 aromatic heterocycles. The molecule has 4 heterocycles. The van der Waals surface area contributed by atoms with Crippen LogP contribution in [0, 0.1) is 10.8 Å². The topological polar surface area (TPSA) is 62.2 Å². The van der Waals surface area contributed by atoms with Gasteiger partial charge >= 0.3 is 0 Å². The van der Waals surface area contributed by atoms with Crippen LogP contribution < -0.4 is 4.90 Å². The molecule has 6 nitrogen and oxygen atoms in total. The molecule has 1 unspecified atom stereocenters. The number of nitrogens with zero attached hydrogens (tertiary/aromatic N) is 5. The van der Waals surface area contributed by atoms with Gasteiger partial charge in [-0.3, -0.25) is 9.78 Å². The number of amides is 1. The highest BCUT2D eigenvalue weighted by Gasteiger charge is 2.55. The van der Waals surface area contributed by atoms with Gasteiger partial charge in [0.05, 0.1) is 5.41 Å². The maximum absolute atomic E-state index is 13.2. The number of carbonyl (C=O) groups is 1. The Morgan fingerprint density at radius 1 is 1.08 bits per heavy atom. The lowest BCUT2D eigenvalue weighted by atomic mass is 9.86. The minimum Gasteiger partial charge on any atom is -0.356 e. The van der Waals surface area contributed by atoms with Crippen molar-refractivity contribution in [2.75, 3.05) is 37.8 Å². The van der Waals surface area contributed by atoms with Crippen molar-refractivity contribution in [1.29, 1.82) is 0 Å². The van der Waals surface area contributed by atoms with Crippen LogP contribution in [-0.2, 0) is 4.79 Å². The van der Waals surface area contributed by atoms with E-state index in [1.54, 1.807) is 12.4 Å². The van der Waals surface area contributed by atoms with Crippen molar-refractivity contribution < 1.29 is 9.18 Å². The van der Waals surface area contributed by atoms with Crippen LogP contribution in [0.3, 0.4) is 0 Å². The summed E-state index contributed by atoms with van der Waals surface area (Å²) in [7, 11) is 0. The number of hydrogen-bond donors (Lipinski definition) is 0. The van der Waals surface area contributed by atoms with Gasteiger partial charge in [-0.1, -0.05) is 0 Å². The Labute approximate surface area is 151 Å². The van der Waals surface area contributed by atoms with E-state index in [4.69, 9.17) is 0 Å². The van der Waals surface area contributed by atoms with Crippen LogP contribution in [0.2, 0.25) is 0 Å². The summed E-state index contributed by atoms with van der Waals surface area (Å²) in [4.78, 5) is 30.0. The molecule has 0 radical (unpaired) electrons. The molecule has 3 fully saturated rings. The zero-order chi connectivity index (χ0) is 17.8. The second-order valence-corrected chi connectivity index (χ2v) is 8.13. The first-order valence-electron chi connectivity index (χ1n) is 9.31. The van der Waals surface area contributed by atoms with Crippen molar-refractivity contribution in [3.8, 4) is 0 Å². The number of likely N-dealkylation sites (tertiary alicyclic amines) is 1. The summed E-state index contributed by atoms with van der Waals surface area (Å²) in [5.74, 6) is 0.955. The van der Waals surface area contributed by atoms with Crippen molar-refractivity contribution in [3.63, 3.8) is 0 Å². The fourth-order valence-electron chi connectivity index (χ4n) is 4.48. The fourth-order valence-corrected chi connectivity index (χ4v) is 4.48. The summed E-state index contributed by atoms with van der Waals surface area (Å²) in [5.41, 5.74) is 0.889. The van der Waals surface area contributed by atoms with Crippen LogP contribution in [0.1, 0.15) is 25.7 Å². The number of aromatic nitrogens is 3. The molecular weight excluding hydrogens is 333 g/mol. The summed E-state index contributed by atoms with van der Waals surface area (Å²) in [6, 6.07) is 3.95. The highest BCUT2D eigenvalue weighted by Crippen LogP contribution is 2.50. The predicted octanol–water partition coefficient (Wildman–Crippen LogP) is 2.20. The fraction of sp³-hybridized carbons (Fsp3) is 0.579. The molecule has 136 valence electrons. The first kappa shape index (κ1) is 15.9. The van der Waals surface area contributed by atoms with Crippen LogP contribution in [0.15, 0.2) is 24.5 Å². The third-order valence-corrected chi connectivity index (χ3v) is 6.37. The number of pyridine rings is 1. The summed E-state index contributed by atoms with van der Waals surface area (Å²) in [6.07, 6.45) is 6.77. The average Bonchev–Trinajstić information content (AvgIpc) is 3.22. The molecule has 5 rings (SSSR count). The summed E-state index contributed by atoms with van der Waals surface area (Å²) < 4.78 is 13.2. The molecule has 2 aliphatic heterocycles. The lowest BCUT2D eigenvalue weighted by Crippen LogP contribution is -2.39. The third-order valence-electron chi connectivity index (χ3n) is 6.37. The van der Waals surface area contributed by atoms with Gasteiger partial charge in [-0.2, -0.15) is 0 Å². The highest BCUT2D eigenvalue weighted by molar-refractivity contribution is 5.86. The van der Waals surface area contributed by atoms with Crippen LogP contribution >= 0.6 is 0 Å². The Kier molecular flexibility index (Phi) is 3.42. The number of halogens is 1. The van der Waals surface area contributed by atoms with E-state index in [2.05, 4.69) is 19.9 Å². The van der Waals surface area contributed by atoms with Crippen LogP contribution in [0.5, 0.6) is 0 Å². The van der Waals surface area contributed by atoms with Gasteiger partial charge in [-0.05, 0) is 37.8 Å². The summed E-state index contributed by atoms with van der Waals surface area (Å²) in [6.45, 7) is 2.80. The van der Waals surface area contributed by atoms with Crippen molar-refractivity contribution >= 4 is 22.9 Å². The Balaban J connectivity index is 1.31. The largest absolute Gasteiger partial charge is 0.356 e. The van der Waals surface area contributed by atoms with E-state index in [1.807, 2.05) is 17.0 Å². The van der Waals surface area contributed by atoms with Gasteiger partial charge in [0.15, 0.2) is 5.65 Å². The molecule has 2 saturated heterocycles. The molecular formula is C19H22FN5O. The van der Waals surface area contributed by atoms with Crippen LogP contribution in [0.4, 0.5) is 10.2 Å². The van der Waals surface area contributed by atoms with Gasteiger partial charge in [0.2, 0.25) is 5.91 Å². The predicted molar refractivity (Wildman–Crippen MR) is 95.4 cm³/mol. The molecule has 0 aromatic carbocycles. The first-order valence-corrected chi connectivity index (χ1v) is 9.31. The maximum Gasteiger partial charge on any atom is 0.231 e. The monoisotopic (exact) mass is 355 g/mol. The molecule has 0 bridgehead atoms. The second-order valence-electron chi connectivity index (χ2n) is 8.13. The van der Waals surface area contributed by atoms with E-state index < -0.39 is 12.1 Å². The Morgan fingerprint density at radius 3 is 2.69 bits per heavy atom. The Morgan fingerprint density at radius 2 is 1.88 bits per heavy atom. The molecule has 1 aliphatic carbocycles. The van der Waals surface area contributed by atoms with Crippen molar-refractivity contribution in [1.82, 2.24) is 19.9 Å². The quantitative estimate of drug-likeness (QED) is 0.845. The number of hydrogen-bond acceptors (Lipinski definition) is 5. The third kappa shape index (κ3) is 2.44. The number of anilines is 1. The minimum atomic E-state index is -0.678. The molecule has 26 heavy (non-hydrogen) atoms. The number of carbonyl (C=O) groups excluding carboxylic acids is 1. The van der Waals surface area contributed by atoms with Gasteiger partial charge in [0.1, 0.15) is 18.0 Å². The van der Waals surface area contributed by atoms with Gasteiger partial charge in [0.25, 0.3) is 0 Å². The highest BCUT2D eigenvalue weighted by atomic mass is 19.1. The first-order chi connectivity index (χ1) is 12.6. The SMILES string of the molecule is O=C(N1CCC2(CCN(c3ccc4nccnc4n3)C2)C1)C1(CF)CC1. The van der Waals surface area contributed by atoms with E-state index in [9.17, 15) is 9.18 Å². The Hall–Kier alpha value is -2.31. The van der Waals surface area contributed by atoms with E-state index >= 15 is 0 Å². The van der Waals surface area contributed by atoms with E-state index in [-0.39, 0.29) is 11.3 Å². The van der Waals surface area contributed by atoms with Crippen LogP contribution in [0.25, 0.3) is 11.2 Å². The van der Waals surface area contributed by atoms with E-state index in [0.29, 0.717) is 18.5 Å². The van der Waals surface area contributed by atoms with Gasteiger partial charge in [-0.25, -0.2) is 14.4 Å². The molecule has 3 aliphatic rings. The maximum atomic E-state index is 13.2. The minimum absolute atomic E-state index is 0.0365. The van der Waals surface area contributed by atoms with Crippen LogP contribution in [-0.4, -0.2) is 58.6 Å². The zero-order valence-corrected chi connectivity index (χ0v) is 14.7. The van der Waals surface area contributed by atoms with E-state index in [0.717, 1.165) is 50.4 Å². The van der Waals surface area contributed by atoms with Gasteiger partial charge < -0.3 is 9.80 Å². The number of fused-ring (bicyclic) bond motifs is 1. The molecule has 2 aromatic rings. The molecule has 1 spiro atoms. The average molecular weight is 355 g/mol. The molecule has 1 amide bonds. The number of alkyl halides is 1. The summed E-state index contributed by atoms with van der Waals surface area (Å²) >= 11 is 0. The molecule has 7 heteroatoms. The summed E-state index contributed by atoms with van der Waals surface area (Å²) in [5, 5.41) is 0. The van der Waals surface area contributed by atoms with Crippen molar-refractivity contribution in [3.05, 3.63) is 24.5 Å². The molecule has 0 N–H and O–H groups in total.